The first kappa shape index (κ1) is 18.4. The number of carbonyl (C=O) groups excluding carboxylic acids is 1. The molecule has 6 heteroatoms. The van der Waals surface area contributed by atoms with Crippen LogP contribution in [0.3, 0.4) is 0 Å². The van der Waals surface area contributed by atoms with Gasteiger partial charge >= 0.3 is 5.97 Å². The van der Waals surface area contributed by atoms with Crippen LogP contribution >= 0.6 is 11.3 Å². The standard InChI is InChI=1S/C23H14N2O3S/c24-15-17(23-25-20-5-1-2-6-21(20)29-23)14-16-7-9-19(10-8-16)28-22(26)12-11-18-4-3-13-27-18/h1-14H/b12-11+,17-14+. The number of aromatic nitrogens is 1. The summed E-state index contributed by atoms with van der Waals surface area (Å²) in [7, 11) is 0. The number of ether oxygens (including phenoxy) is 1. The van der Waals surface area contributed by atoms with Gasteiger partial charge in [0.2, 0.25) is 0 Å². The van der Waals surface area contributed by atoms with E-state index in [-0.39, 0.29) is 0 Å². The van der Waals surface area contributed by atoms with E-state index >= 15 is 0 Å². The van der Waals surface area contributed by atoms with Crippen molar-refractivity contribution in [2.24, 2.45) is 0 Å². The fraction of sp³-hybridized carbons (Fsp3) is 0. The van der Waals surface area contributed by atoms with Crippen molar-refractivity contribution in [3.05, 3.63) is 89.3 Å². The Morgan fingerprint density at radius 2 is 1.93 bits per heavy atom. The normalized spacial score (nSPS) is 11.6. The molecule has 29 heavy (non-hydrogen) atoms. The van der Waals surface area contributed by atoms with Crippen molar-refractivity contribution < 1.29 is 13.9 Å². The predicted octanol–water partition coefficient (Wildman–Crippen LogP) is 5.57. The first-order valence-corrected chi connectivity index (χ1v) is 9.54. The predicted molar refractivity (Wildman–Crippen MR) is 113 cm³/mol. The van der Waals surface area contributed by atoms with Crippen LogP contribution < -0.4 is 4.74 Å². The number of fused-ring (bicyclic) bond motifs is 1. The summed E-state index contributed by atoms with van der Waals surface area (Å²) in [6.45, 7) is 0. The van der Waals surface area contributed by atoms with E-state index in [1.54, 1.807) is 42.5 Å². The molecule has 2 aromatic carbocycles. The highest BCUT2D eigenvalue weighted by Crippen LogP contribution is 2.28. The molecule has 0 bridgehead atoms. The van der Waals surface area contributed by atoms with Gasteiger partial charge in [-0.15, -0.1) is 11.3 Å². The number of esters is 1. The number of benzene rings is 2. The molecule has 0 unspecified atom stereocenters. The second-order valence-electron chi connectivity index (χ2n) is 6.00. The number of carbonyl (C=O) groups is 1. The van der Waals surface area contributed by atoms with Crippen molar-refractivity contribution in [3.8, 4) is 11.8 Å². The maximum atomic E-state index is 11.9. The first-order chi connectivity index (χ1) is 14.2. The van der Waals surface area contributed by atoms with Crippen LogP contribution in [-0.4, -0.2) is 11.0 Å². The molecule has 0 spiro atoms. The van der Waals surface area contributed by atoms with Crippen LogP contribution in [0.1, 0.15) is 16.3 Å². The third-order valence-corrected chi connectivity index (χ3v) is 5.05. The third kappa shape index (κ3) is 4.49. The van der Waals surface area contributed by atoms with Crippen molar-refractivity contribution in [1.29, 1.82) is 5.26 Å². The number of thiazole rings is 1. The van der Waals surface area contributed by atoms with Crippen molar-refractivity contribution >= 4 is 45.2 Å². The van der Waals surface area contributed by atoms with E-state index in [0.717, 1.165) is 15.8 Å². The Morgan fingerprint density at radius 1 is 1.10 bits per heavy atom. The summed E-state index contributed by atoms with van der Waals surface area (Å²) < 4.78 is 11.4. The van der Waals surface area contributed by atoms with Gasteiger partial charge in [-0.25, -0.2) is 9.78 Å². The lowest BCUT2D eigenvalue weighted by molar-refractivity contribution is -0.128. The molecular weight excluding hydrogens is 384 g/mol. The van der Waals surface area contributed by atoms with Crippen LogP contribution in [0.25, 0.3) is 27.9 Å². The quantitative estimate of drug-likeness (QED) is 0.190. The summed E-state index contributed by atoms with van der Waals surface area (Å²) in [6, 6.07) is 20.4. The van der Waals surface area contributed by atoms with E-state index in [9.17, 15) is 10.1 Å². The molecule has 0 saturated carbocycles. The number of nitriles is 1. The highest BCUT2D eigenvalue weighted by atomic mass is 32.1. The molecule has 4 rings (SSSR count). The van der Waals surface area contributed by atoms with Gasteiger partial charge in [0.15, 0.2) is 0 Å². The van der Waals surface area contributed by atoms with Crippen LogP contribution in [-0.2, 0) is 4.79 Å². The molecule has 0 radical (unpaired) electrons. The highest BCUT2D eigenvalue weighted by molar-refractivity contribution is 7.19. The summed E-state index contributed by atoms with van der Waals surface area (Å²) in [5, 5.41) is 10.2. The van der Waals surface area contributed by atoms with Gasteiger partial charge < -0.3 is 9.15 Å². The summed E-state index contributed by atoms with van der Waals surface area (Å²) in [5.74, 6) is 0.480. The lowest BCUT2D eigenvalue weighted by atomic mass is 10.1. The molecule has 5 nitrogen and oxygen atoms in total. The first-order valence-electron chi connectivity index (χ1n) is 8.72. The van der Waals surface area contributed by atoms with Crippen LogP contribution in [0.2, 0.25) is 0 Å². The Bertz CT molecular complexity index is 1210. The molecule has 4 aromatic rings. The highest BCUT2D eigenvalue weighted by Gasteiger charge is 2.09. The summed E-state index contributed by atoms with van der Waals surface area (Å²) in [4.78, 5) is 16.4. The van der Waals surface area contributed by atoms with Crippen LogP contribution in [0, 0.1) is 11.3 Å². The Hall–Kier alpha value is -3.95. The summed E-state index contributed by atoms with van der Waals surface area (Å²) in [5.41, 5.74) is 2.17. The molecule has 0 saturated heterocycles. The number of nitrogens with zero attached hydrogens (tertiary/aromatic N) is 2. The lowest BCUT2D eigenvalue weighted by Crippen LogP contribution is -2.03. The Balaban J connectivity index is 1.47. The van der Waals surface area contributed by atoms with E-state index in [0.29, 0.717) is 22.1 Å². The monoisotopic (exact) mass is 398 g/mol. The van der Waals surface area contributed by atoms with Crippen LogP contribution in [0.5, 0.6) is 5.75 Å². The van der Waals surface area contributed by atoms with Crippen molar-refractivity contribution in [3.63, 3.8) is 0 Å². The molecule has 0 N–H and O–H groups in total. The number of hydrogen-bond acceptors (Lipinski definition) is 6. The van der Waals surface area contributed by atoms with Crippen LogP contribution in [0.4, 0.5) is 0 Å². The van der Waals surface area contributed by atoms with Crippen molar-refractivity contribution in [1.82, 2.24) is 4.98 Å². The largest absolute Gasteiger partial charge is 0.465 e. The van der Waals surface area contributed by atoms with Crippen LogP contribution in [0.15, 0.2) is 77.4 Å². The molecule has 2 aromatic heterocycles. The fourth-order valence-electron chi connectivity index (χ4n) is 2.61. The second kappa shape index (κ2) is 8.38. The average molecular weight is 398 g/mol. The Morgan fingerprint density at radius 3 is 2.66 bits per heavy atom. The molecule has 0 fully saturated rings. The Kier molecular flexibility index (Phi) is 5.32. The van der Waals surface area contributed by atoms with E-state index in [1.807, 2.05) is 24.3 Å². The van der Waals surface area contributed by atoms with E-state index < -0.39 is 5.97 Å². The minimum Gasteiger partial charge on any atom is -0.465 e. The molecular formula is C23H14N2O3S. The fourth-order valence-corrected chi connectivity index (χ4v) is 3.55. The molecule has 2 heterocycles. The minimum absolute atomic E-state index is 0.412. The summed E-state index contributed by atoms with van der Waals surface area (Å²) >= 11 is 1.48. The molecule has 0 aliphatic carbocycles. The molecule has 0 amide bonds. The van der Waals surface area contributed by atoms with E-state index in [1.165, 1.54) is 29.8 Å². The topological polar surface area (TPSA) is 76.1 Å². The number of para-hydroxylation sites is 1. The lowest BCUT2D eigenvalue weighted by Gasteiger charge is -2.02. The van der Waals surface area contributed by atoms with Gasteiger partial charge in [0.25, 0.3) is 0 Å². The number of allylic oxidation sites excluding steroid dienone is 1. The van der Waals surface area contributed by atoms with E-state index in [2.05, 4.69) is 11.1 Å². The van der Waals surface area contributed by atoms with Crippen molar-refractivity contribution in [2.45, 2.75) is 0 Å². The molecule has 0 atom stereocenters. The maximum absolute atomic E-state index is 11.9. The molecule has 0 aliphatic heterocycles. The second-order valence-corrected chi connectivity index (χ2v) is 7.03. The van der Waals surface area contributed by atoms with Gasteiger partial charge in [-0.05, 0) is 54.1 Å². The van der Waals surface area contributed by atoms with Gasteiger partial charge in [0.1, 0.15) is 22.6 Å². The molecule has 0 aliphatic rings. The summed E-state index contributed by atoms with van der Waals surface area (Å²) in [6.07, 6.45) is 6.13. The number of rotatable bonds is 5. The minimum atomic E-state index is -0.503. The van der Waals surface area contributed by atoms with Gasteiger partial charge in [-0.3, -0.25) is 0 Å². The van der Waals surface area contributed by atoms with Gasteiger partial charge in [0.05, 0.1) is 22.1 Å². The van der Waals surface area contributed by atoms with E-state index in [4.69, 9.17) is 9.15 Å². The number of hydrogen-bond donors (Lipinski definition) is 0. The average Bonchev–Trinajstić information content (AvgIpc) is 3.41. The van der Waals surface area contributed by atoms with Gasteiger partial charge in [-0.2, -0.15) is 5.26 Å². The zero-order valence-electron chi connectivity index (χ0n) is 15.1. The smallest absolute Gasteiger partial charge is 0.336 e. The van der Waals surface area contributed by atoms with Gasteiger partial charge in [0, 0.05) is 6.08 Å². The zero-order chi connectivity index (χ0) is 20.1. The third-order valence-electron chi connectivity index (χ3n) is 3.98. The zero-order valence-corrected chi connectivity index (χ0v) is 15.9. The molecule has 140 valence electrons. The maximum Gasteiger partial charge on any atom is 0.336 e. The number of furan rings is 1. The van der Waals surface area contributed by atoms with Crippen molar-refractivity contribution in [2.75, 3.05) is 0 Å². The SMILES string of the molecule is N#C/C(=C\c1ccc(OC(=O)/C=C/c2ccco2)cc1)c1nc2ccccc2s1. The van der Waals surface area contributed by atoms with Gasteiger partial charge in [-0.1, -0.05) is 24.3 Å². The Labute approximate surface area is 170 Å².